The molecular weight excluding hydrogens is 406 g/mol. The van der Waals surface area contributed by atoms with Crippen molar-refractivity contribution < 1.29 is 4.79 Å². The first-order valence-electron chi connectivity index (χ1n) is 10.5. The van der Waals surface area contributed by atoms with E-state index in [4.69, 9.17) is 0 Å². The molecule has 164 valence electrons. The third-order valence-electron chi connectivity index (χ3n) is 5.69. The Labute approximate surface area is 184 Å². The Hall–Kier alpha value is -3.94. The highest BCUT2D eigenvalue weighted by Gasteiger charge is 2.18. The number of hydrogen-bond acceptors (Lipinski definition) is 4. The third kappa shape index (κ3) is 3.75. The van der Waals surface area contributed by atoms with Crippen molar-refractivity contribution in [1.82, 2.24) is 24.6 Å². The van der Waals surface area contributed by atoms with Crippen LogP contribution in [0.1, 0.15) is 47.1 Å². The quantitative estimate of drug-likeness (QED) is 0.474. The highest BCUT2D eigenvalue weighted by Crippen LogP contribution is 2.21. The van der Waals surface area contributed by atoms with E-state index < -0.39 is 11.1 Å². The molecule has 4 rings (SSSR count). The number of aromatic nitrogens is 4. The van der Waals surface area contributed by atoms with Gasteiger partial charge in [0.15, 0.2) is 0 Å². The smallest absolute Gasteiger partial charge is 0.316 e. The summed E-state index contributed by atoms with van der Waals surface area (Å²) >= 11 is 0. The zero-order valence-corrected chi connectivity index (χ0v) is 18.5. The molecule has 0 aliphatic carbocycles. The van der Waals surface area contributed by atoms with E-state index in [0.717, 1.165) is 16.9 Å². The lowest BCUT2D eigenvalue weighted by atomic mass is 10.1. The Kier molecular flexibility index (Phi) is 5.52. The lowest BCUT2D eigenvalue weighted by Gasteiger charge is -2.15. The number of amides is 1. The largest absolute Gasteiger partial charge is 0.345 e. The summed E-state index contributed by atoms with van der Waals surface area (Å²) in [6.07, 6.45) is 1.76. The van der Waals surface area contributed by atoms with Crippen molar-refractivity contribution in [3.05, 3.63) is 91.8 Å². The first-order chi connectivity index (χ1) is 15.3. The summed E-state index contributed by atoms with van der Waals surface area (Å²) in [6.45, 7) is 8.06. The fourth-order valence-electron chi connectivity index (χ4n) is 3.89. The SMILES string of the molecule is CCn1c(=O)c(=O)[nH]c2cc(C(=O)N[C@H](C)c3cnn(-c4ccc(C)cc4)c3C)ccc21. The summed E-state index contributed by atoms with van der Waals surface area (Å²) in [4.78, 5) is 39.4. The molecule has 0 radical (unpaired) electrons. The number of aromatic amines is 1. The number of aryl methyl sites for hydroxylation is 2. The van der Waals surface area contributed by atoms with Gasteiger partial charge >= 0.3 is 11.1 Å². The van der Waals surface area contributed by atoms with E-state index in [-0.39, 0.29) is 11.9 Å². The van der Waals surface area contributed by atoms with Gasteiger partial charge in [0.05, 0.1) is 29.0 Å². The minimum absolute atomic E-state index is 0.277. The first-order valence-corrected chi connectivity index (χ1v) is 10.5. The van der Waals surface area contributed by atoms with Crippen LogP contribution in [0.15, 0.2) is 58.3 Å². The van der Waals surface area contributed by atoms with E-state index in [1.54, 1.807) is 31.3 Å². The molecule has 2 aromatic carbocycles. The van der Waals surface area contributed by atoms with Crippen LogP contribution in [0.5, 0.6) is 0 Å². The average molecular weight is 431 g/mol. The summed E-state index contributed by atoms with van der Waals surface area (Å²) in [5.41, 5.74) is 4.09. The summed E-state index contributed by atoms with van der Waals surface area (Å²) < 4.78 is 3.24. The van der Waals surface area contributed by atoms with E-state index in [1.807, 2.05) is 49.7 Å². The predicted molar refractivity (Wildman–Crippen MR) is 123 cm³/mol. The molecule has 0 saturated carbocycles. The number of hydrogen-bond donors (Lipinski definition) is 2. The van der Waals surface area contributed by atoms with Crippen molar-refractivity contribution in [2.24, 2.45) is 0 Å². The van der Waals surface area contributed by atoms with Gasteiger partial charge < -0.3 is 14.9 Å². The molecule has 1 amide bonds. The molecule has 32 heavy (non-hydrogen) atoms. The van der Waals surface area contributed by atoms with E-state index in [0.29, 0.717) is 23.1 Å². The maximum absolute atomic E-state index is 12.9. The van der Waals surface area contributed by atoms with Crippen LogP contribution < -0.4 is 16.4 Å². The van der Waals surface area contributed by atoms with Crippen LogP contribution in [0.25, 0.3) is 16.7 Å². The monoisotopic (exact) mass is 431 g/mol. The summed E-state index contributed by atoms with van der Waals surface area (Å²) in [5.74, 6) is -0.281. The van der Waals surface area contributed by atoms with Crippen LogP contribution >= 0.6 is 0 Å². The van der Waals surface area contributed by atoms with E-state index in [9.17, 15) is 14.4 Å². The van der Waals surface area contributed by atoms with Crippen LogP contribution in [-0.2, 0) is 6.54 Å². The Balaban J connectivity index is 1.60. The van der Waals surface area contributed by atoms with Gasteiger partial charge in [0, 0.05) is 23.4 Å². The van der Waals surface area contributed by atoms with Gasteiger partial charge in [-0.25, -0.2) is 4.68 Å². The van der Waals surface area contributed by atoms with Gasteiger partial charge in [-0.3, -0.25) is 14.4 Å². The highest BCUT2D eigenvalue weighted by molar-refractivity contribution is 5.97. The normalized spacial score (nSPS) is 12.1. The topological polar surface area (TPSA) is 102 Å². The van der Waals surface area contributed by atoms with E-state index in [2.05, 4.69) is 15.4 Å². The molecule has 0 aliphatic heterocycles. The van der Waals surface area contributed by atoms with Gasteiger partial charge in [0.25, 0.3) is 5.91 Å². The standard InChI is InChI=1S/C24H25N5O3/c1-5-28-21-11-8-17(12-20(21)27-23(31)24(28)32)22(30)26-15(3)19-13-25-29(16(19)4)18-9-6-14(2)7-10-18/h6-13,15H,5H2,1-4H3,(H,26,30)(H,27,31)/t15-/m1/s1. The minimum Gasteiger partial charge on any atom is -0.345 e. The van der Waals surface area contributed by atoms with Gasteiger partial charge in [-0.2, -0.15) is 5.10 Å². The molecule has 8 nitrogen and oxygen atoms in total. The number of carbonyl (C=O) groups is 1. The van der Waals surface area contributed by atoms with Gasteiger partial charge in [-0.1, -0.05) is 17.7 Å². The lowest BCUT2D eigenvalue weighted by Crippen LogP contribution is -2.36. The lowest BCUT2D eigenvalue weighted by molar-refractivity contribution is 0.0940. The van der Waals surface area contributed by atoms with E-state index >= 15 is 0 Å². The van der Waals surface area contributed by atoms with Gasteiger partial charge in [0.2, 0.25) is 0 Å². The first kappa shape index (κ1) is 21.3. The van der Waals surface area contributed by atoms with E-state index in [1.165, 1.54) is 10.1 Å². The van der Waals surface area contributed by atoms with Crippen LogP contribution in [0.4, 0.5) is 0 Å². The molecule has 4 aromatic rings. The molecule has 0 bridgehead atoms. The zero-order valence-electron chi connectivity index (χ0n) is 18.5. The summed E-state index contributed by atoms with van der Waals surface area (Å²) in [7, 11) is 0. The number of carbonyl (C=O) groups excluding carboxylic acids is 1. The molecule has 2 N–H and O–H groups in total. The molecule has 2 aromatic heterocycles. The molecule has 0 fully saturated rings. The number of rotatable bonds is 5. The van der Waals surface area contributed by atoms with Gasteiger partial charge in [-0.05, 0) is 58.0 Å². The van der Waals surface area contributed by atoms with Crippen molar-refractivity contribution >= 4 is 16.9 Å². The molecule has 0 aliphatic rings. The van der Waals surface area contributed by atoms with Crippen LogP contribution in [0.3, 0.4) is 0 Å². The van der Waals surface area contributed by atoms with Crippen molar-refractivity contribution in [3.8, 4) is 5.69 Å². The third-order valence-corrected chi connectivity index (χ3v) is 5.69. The number of H-pyrrole nitrogens is 1. The fourth-order valence-corrected chi connectivity index (χ4v) is 3.89. The maximum Gasteiger partial charge on any atom is 0.316 e. The molecule has 0 saturated heterocycles. The number of benzene rings is 2. The summed E-state index contributed by atoms with van der Waals surface area (Å²) in [6, 6.07) is 12.7. The molecule has 0 unspecified atom stereocenters. The summed E-state index contributed by atoms with van der Waals surface area (Å²) in [5, 5.41) is 7.48. The fraction of sp³-hybridized carbons (Fsp3) is 0.250. The molecule has 0 spiro atoms. The molecule has 2 heterocycles. The second-order valence-corrected chi connectivity index (χ2v) is 7.86. The molecular formula is C24H25N5O3. The molecule has 8 heteroatoms. The average Bonchev–Trinajstić information content (AvgIpc) is 3.16. The number of fused-ring (bicyclic) bond motifs is 1. The van der Waals surface area contributed by atoms with Gasteiger partial charge in [0.1, 0.15) is 0 Å². The Morgan fingerprint density at radius 1 is 1.12 bits per heavy atom. The zero-order chi connectivity index (χ0) is 23.0. The Bertz CT molecular complexity index is 1430. The van der Waals surface area contributed by atoms with Crippen LogP contribution in [0, 0.1) is 13.8 Å². The van der Waals surface area contributed by atoms with Crippen molar-refractivity contribution in [2.75, 3.05) is 0 Å². The predicted octanol–water partition coefficient (Wildman–Crippen LogP) is 3.00. The molecule has 1 atom stereocenters. The highest BCUT2D eigenvalue weighted by atomic mass is 16.2. The van der Waals surface area contributed by atoms with Crippen molar-refractivity contribution in [1.29, 1.82) is 0 Å². The second kappa shape index (κ2) is 8.30. The number of nitrogens with zero attached hydrogens (tertiary/aromatic N) is 3. The van der Waals surface area contributed by atoms with Gasteiger partial charge in [-0.15, -0.1) is 0 Å². The maximum atomic E-state index is 12.9. The van der Waals surface area contributed by atoms with Crippen molar-refractivity contribution in [2.45, 2.75) is 40.3 Å². The van der Waals surface area contributed by atoms with Crippen LogP contribution in [0.2, 0.25) is 0 Å². The van der Waals surface area contributed by atoms with Crippen LogP contribution in [-0.4, -0.2) is 25.2 Å². The number of nitrogens with one attached hydrogen (secondary N) is 2. The second-order valence-electron chi connectivity index (χ2n) is 7.86. The Morgan fingerprint density at radius 2 is 1.84 bits per heavy atom. The minimum atomic E-state index is -0.704. The Morgan fingerprint density at radius 3 is 2.53 bits per heavy atom. The van der Waals surface area contributed by atoms with Crippen molar-refractivity contribution in [3.63, 3.8) is 0 Å².